The molecule has 106 valence electrons. The van der Waals surface area contributed by atoms with Gasteiger partial charge in [0.2, 0.25) is 0 Å². The second kappa shape index (κ2) is 5.92. The summed E-state index contributed by atoms with van der Waals surface area (Å²) in [4.78, 5) is 19.9. The lowest BCUT2D eigenvalue weighted by molar-refractivity contribution is 0.0514. The molecule has 0 amide bonds. The number of nitrogens with zero attached hydrogens (tertiary/aromatic N) is 3. The molecule has 0 spiro atoms. The molecule has 21 heavy (non-hydrogen) atoms. The van der Waals surface area contributed by atoms with Crippen LogP contribution in [0.4, 0.5) is 0 Å². The van der Waals surface area contributed by atoms with Crippen LogP contribution in [0.2, 0.25) is 0 Å². The molecule has 3 rings (SSSR count). The standard InChI is InChI=1S/C14H12N4O2S/c1-2-20-13(19)11-12(21-14-15-7-8-16-14)9-5-3-4-6-10(9)17-18-11/h3-8H,2H2,1H3,(H,15,16). The third-order valence-corrected chi connectivity index (χ3v) is 3.80. The highest BCUT2D eigenvalue weighted by Crippen LogP contribution is 2.33. The fourth-order valence-corrected chi connectivity index (χ4v) is 2.81. The fourth-order valence-electron chi connectivity index (χ4n) is 1.87. The van der Waals surface area contributed by atoms with Gasteiger partial charge >= 0.3 is 5.97 Å². The van der Waals surface area contributed by atoms with Crippen molar-refractivity contribution in [2.45, 2.75) is 17.0 Å². The molecule has 2 aromatic heterocycles. The van der Waals surface area contributed by atoms with Gasteiger partial charge in [0.15, 0.2) is 10.9 Å². The van der Waals surface area contributed by atoms with Gasteiger partial charge in [-0.3, -0.25) is 0 Å². The fraction of sp³-hybridized carbons (Fsp3) is 0.143. The predicted molar refractivity (Wildman–Crippen MR) is 78.2 cm³/mol. The number of H-pyrrole nitrogens is 1. The molecule has 0 bridgehead atoms. The van der Waals surface area contributed by atoms with E-state index < -0.39 is 5.97 Å². The lowest BCUT2D eigenvalue weighted by atomic mass is 10.2. The summed E-state index contributed by atoms with van der Waals surface area (Å²) in [5, 5.41) is 9.62. The minimum absolute atomic E-state index is 0.206. The minimum Gasteiger partial charge on any atom is -0.461 e. The number of ether oxygens (including phenoxy) is 1. The Morgan fingerprint density at radius 1 is 1.33 bits per heavy atom. The SMILES string of the molecule is CCOC(=O)c1nnc2ccccc2c1Sc1ncc[nH]1. The predicted octanol–water partition coefficient (Wildman–Crippen LogP) is 2.68. The van der Waals surface area contributed by atoms with E-state index in [9.17, 15) is 4.79 Å². The number of carbonyl (C=O) groups excluding carboxylic acids is 1. The van der Waals surface area contributed by atoms with Gasteiger partial charge in [-0.1, -0.05) is 18.2 Å². The first-order chi connectivity index (χ1) is 10.3. The number of fused-ring (bicyclic) bond motifs is 1. The van der Waals surface area contributed by atoms with Gasteiger partial charge in [0.25, 0.3) is 0 Å². The van der Waals surface area contributed by atoms with Crippen molar-refractivity contribution in [3.63, 3.8) is 0 Å². The highest BCUT2D eigenvalue weighted by Gasteiger charge is 2.20. The maximum Gasteiger partial charge on any atom is 0.360 e. The number of carbonyl (C=O) groups is 1. The zero-order chi connectivity index (χ0) is 14.7. The molecule has 0 saturated heterocycles. The minimum atomic E-state index is -0.482. The average molecular weight is 300 g/mol. The van der Waals surface area contributed by atoms with Crippen molar-refractivity contribution < 1.29 is 9.53 Å². The van der Waals surface area contributed by atoms with E-state index in [1.54, 1.807) is 19.3 Å². The molecule has 0 saturated carbocycles. The molecular weight excluding hydrogens is 288 g/mol. The number of aromatic amines is 1. The topological polar surface area (TPSA) is 80.8 Å². The third kappa shape index (κ3) is 2.73. The van der Waals surface area contributed by atoms with E-state index in [0.29, 0.717) is 10.1 Å². The summed E-state index contributed by atoms with van der Waals surface area (Å²) in [6.07, 6.45) is 3.38. The van der Waals surface area contributed by atoms with Crippen LogP contribution in [0.5, 0.6) is 0 Å². The molecule has 0 aliphatic heterocycles. The molecular formula is C14H12N4O2S. The number of imidazole rings is 1. The van der Waals surface area contributed by atoms with Crippen LogP contribution in [0.3, 0.4) is 0 Å². The molecule has 1 N–H and O–H groups in total. The first-order valence-electron chi connectivity index (χ1n) is 6.39. The maximum absolute atomic E-state index is 12.1. The maximum atomic E-state index is 12.1. The summed E-state index contributed by atoms with van der Waals surface area (Å²) in [6, 6.07) is 7.52. The molecule has 0 radical (unpaired) electrons. The van der Waals surface area contributed by atoms with Crippen LogP contribution >= 0.6 is 11.8 Å². The molecule has 0 aliphatic carbocycles. The Morgan fingerprint density at radius 3 is 2.95 bits per heavy atom. The van der Waals surface area contributed by atoms with Gasteiger partial charge in [0.05, 0.1) is 17.0 Å². The summed E-state index contributed by atoms with van der Waals surface area (Å²) in [7, 11) is 0. The van der Waals surface area contributed by atoms with Crippen molar-refractivity contribution in [1.82, 2.24) is 20.2 Å². The lowest BCUT2D eigenvalue weighted by Crippen LogP contribution is -2.10. The van der Waals surface area contributed by atoms with Crippen LogP contribution < -0.4 is 0 Å². The van der Waals surface area contributed by atoms with Crippen LogP contribution in [0.1, 0.15) is 17.4 Å². The van der Waals surface area contributed by atoms with E-state index in [-0.39, 0.29) is 12.3 Å². The number of esters is 1. The van der Waals surface area contributed by atoms with Crippen molar-refractivity contribution in [2.75, 3.05) is 6.61 Å². The van der Waals surface area contributed by atoms with E-state index in [2.05, 4.69) is 20.2 Å². The van der Waals surface area contributed by atoms with Crippen molar-refractivity contribution in [3.8, 4) is 0 Å². The molecule has 7 heteroatoms. The highest BCUT2D eigenvalue weighted by atomic mass is 32.2. The summed E-state index contributed by atoms with van der Waals surface area (Å²) >= 11 is 1.33. The molecule has 0 aliphatic rings. The van der Waals surface area contributed by atoms with Gasteiger partial charge in [0.1, 0.15) is 0 Å². The number of aromatic nitrogens is 4. The van der Waals surface area contributed by atoms with E-state index in [1.807, 2.05) is 24.3 Å². The second-order valence-corrected chi connectivity index (χ2v) is 5.11. The lowest BCUT2D eigenvalue weighted by Gasteiger charge is -2.08. The Morgan fingerprint density at radius 2 is 2.19 bits per heavy atom. The van der Waals surface area contributed by atoms with Crippen LogP contribution in [0, 0.1) is 0 Å². The third-order valence-electron chi connectivity index (χ3n) is 2.76. The van der Waals surface area contributed by atoms with Crippen molar-refractivity contribution >= 4 is 28.6 Å². The van der Waals surface area contributed by atoms with Crippen molar-refractivity contribution in [3.05, 3.63) is 42.4 Å². The van der Waals surface area contributed by atoms with Crippen LogP contribution in [-0.4, -0.2) is 32.7 Å². The van der Waals surface area contributed by atoms with Gasteiger partial charge in [0, 0.05) is 17.8 Å². The highest BCUT2D eigenvalue weighted by molar-refractivity contribution is 7.99. The second-order valence-electron chi connectivity index (χ2n) is 4.11. The van der Waals surface area contributed by atoms with Gasteiger partial charge in [-0.2, -0.15) is 0 Å². The Balaban J connectivity index is 2.15. The van der Waals surface area contributed by atoms with Gasteiger partial charge < -0.3 is 9.72 Å². The number of rotatable bonds is 4. The first kappa shape index (κ1) is 13.6. The zero-order valence-corrected chi connectivity index (χ0v) is 12.1. The average Bonchev–Trinajstić information content (AvgIpc) is 3.01. The summed E-state index contributed by atoms with van der Waals surface area (Å²) in [6.45, 7) is 2.05. The van der Waals surface area contributed by atoms with E-state index in [0.717, 1.165) is 10.9 Å². The number of benzene rings is 1. The Bertz CT molecular complexity index is 774. The normalized spacial score (nSPS) is 10.7. The summed E-state index contributed by atoms with van der Waals surface area (Å²) in [5.74, 6) is -0.482. The van der Waals surface area contributed by atoms with E-state index in [1.165, 1.54) is 11.8 Å². The molecule has 2 heterocycles. The molecule has 0 atom stereocenters. The molecule has 0 fully saturated rings. The van der Waals surface area contributed by atoms with Crippen LogP contribution in [0.25, 0.3) is 10.9 Å². The molecule has 1 aromatic carbocycles. The molecule has 3 aromatic rings. The Labute approximate surface area is 124 Å². The van der Waals surface area contributed by atoms with Crippen molar-refractivity contribution in [1.29, 1.82) is 0 Å². The van der Waals surface area contributed by atoms with Gasteiger partial charge in [-0.15, -0.1) is 10.2 Å². The van der Waals surface area contributed by atoms with Gasteiger partial charge in [-0.05, 0) is 24.8 Å². The monoisotopic (exact) mass is 300 g/mol. The number of hydrogen-bond donors (Lipinski definition) is 1. The Kier molecular flexibility index (Phi) is 3.83. The summed E-state index contributed by atoms with van der Waals surface area (Å²) < 4.78 is 5.05. The summed E-state index contributed by atoms with van der Waals surface area (Å²) in [5.41, 5.74) is 0.927. The number of nitrogens with one attached hydrogen (secondary N) is 1. The number of hydrogen-bond acceptors (Lipinski definition) is 6. The molecule has 0 unspecified atom stereocenters. The largest absolute Gasteiger partial charge is 0.461 e. The first-order valence-corrected chi connectivity index (χ1v) is 7.21. The zero-order valence-electron chi connectivity index (χ0n) is 11.2. The van der Waals surface area contributed by atoms with Crippen LogP contribution in [0.15, 0.2) is 46.7 Å². The smallest absolute Gasteiger partial charge is 0.360 e. The molecule has 6 nitrogen and oxygen atoms in total. The van der Waals surface area contributed by atoms with Crippen molar-refractivity contribution in [2.24, 2.45) is 0 Å². The quantitative estimate of drug-likeness (QED) is 0.746. The van der Waals surface area contributed by atoms with E-state index >= 15 is 0 Å². The Hall–Kier alpha value is -2.41. The van der Waals surface area contributed by atoms with Crippen LogP contribution in [-0.2, 0) is 4.74 Å². The van der Waals surface area contributed by atoms with E-state index in [4.69, 9.17) is 4.74 Å². The van der Waals surface area contributed by atoms with Gasteiger partial charge in [-0.25, -0.2) is 9.78 Å².